The Morgan fingerprint density at radius 3 is 0.814 bits per heavy atom. The van der Waals surface area contributed by atoms with Crippen molar-refractivity contribution in [2.45, 2.75) is 10.8 Å². The van der Waals surface area contributed by atoms with Gasteiger partial charge >= 0.3 is 0 Å². The summed E-state index contributed by atoms with van der Waals surface area (Å²) in [7, 11) is 0. The maximum Gasteiger partial charge on any atom is 0.0726 e. The van der Waals surface area contributed by atoms with Crippen molar-refractivity contribution in [3.05, 3.63) is 372 Å². The van der Waals surface area contributed by atoms with Crippen molar-refractivity contribution in [2.24, 2.45) is 0 Å². The van der Waals surface area contributed by atoms with E-state index in [4.69, 9.17) is 0 Å². The largest absolute Gasteiger partial charge is 0.310 e. The van der Waals surface area contributed by atoms with E-state index >= 15 is 0 Å². The first-order valence-electron chi connectivity index (χ1n) is 29.8. The molecule has 2 spiro atoms. The summed E-state index contributed by atoms with van der Waals surface area (Å²) >= 11 is 0. The second-order valence-electron chi connectivity index (χ2n) is 23.2. The number of anilines is 6. The van der Waals surface area contributed by atoms with Gasteiger partial charge in [-0.1, -0.05) is 250 Å². The van der Waals surface area contributed by atoms with Crippen LogP contribution in [0.4, 0.5) is 34.1 Å². The van der Waals surface area contributed by atoms with Crippen LogP contribution < -0.4 is 9.80 Å². The lowest BCUT2D eigenvalue weighted by molar-refractivity contribution is 0.793. The zero-order chi connectivity index (χ0) is 57.1. The molecule has 0 radical (unpaired) electrons. The van der Waals surface area contributed by atoms with Crippen LogP contribution in [0.3, 0.4) is 0 Å². The van der Waals surface area contributed by atoms with Crippen LogP contribution in [0.2, 0.25) is 0 Å². The number of benzene rings is 13. The van der Waals surface area contributed by atoms with Gasteiger partial charge in [0.05, 0.1) is 10.8 Å². The van der Waals surface area contributed by atoms with Crippen molar-refractivity contribution < 1.29 is 0 Å². The maximum atomic E-state index is 4.08. The van der Waals surface area contributed by atoms with E-state index in [9.17, 15) is 0 Å². The molecule has 0 N–H and O–H groups in total. The molecule has 0 heterocycles. The Hall–Kier alpha value is -11.1. The van der Waals surface area contributed by atoms with E-state index < -0.39 is 10.8 Å². The molecule has 2 heteroatoms. The van der Waals surface area contributed by atoms with E-state index in [2.05, 4.69) is 326 Å². The molecule has 0 amide bonds. The number of nitrogens with zero attached hydrogens (tertiary/aromatic N) is 2. The maximum absolute atomic E-state index is 4.08. The third-order valence-electron chi connectivity index (χ3n) is 19.0. The fourth-order valence-corrected chi connectivity index (χ4v) is 15.4. The molecule has 13 aromatic rings. The van der Waals surface area contributed by atoms with Crippen molar-refractivity contribution in [1.29, 1.82) is 0 Å². The summed E-state index contributed by atoms with van der Waals surface area (Å²) in [6, 6.07) is 113. The van der Waals surface area contributed by atoms with Gasteiger partial charge in [0.1, 0.15) is 0 Å². The Kier molecular flexibility index (Phi) is 11.1. The van der Waals surface area contributed by atoms with Crippen molar-refractivity contribution in [1.82, 2.24) is 0 Å². The molecule has 0 unspecified atom stereocenters. The lowest BCUT2D eigenvalue weighted by Gasteiger charge is -2.33. The van der Waals surface area contributed by atoms with Gasteiger partial charge in [0.2, 0.25) is 0 Å². The van der Waals surface area contributed by atoms with Crippen LogP contribution in [0.1, 0.15) is 55.6 Å². The Bertz CT molecular complexity index is 4510. The highest BCUT2D eigenvalue weighted by molar-refractivity contribution is 5.99. The second kappa shape index (κ2) is 19.3. The van der Waals surface area contributed by atoms with Crippen LogP contribution in [0.5, 0.6) is 0 Å². The van der Waals surface area contributed by atoms with Crippen LogP contribution in [0.15, 0.2) is 316 Å². The van der Waals surface area contributed by atoms with E-state index in [-0.39, 0.29) is 0 Å². The molecule has 0 aliphatic heterocycles. The summed E-state index contributed by atoms with van der Waals surface area (Å²) in [5.41, 5.74) is 32.8. The van der Waals surface area contributed by atoms with Gasteiger partial charge < -0.3 is 9.80 Å². The second-order valence-corrected chi connectivity index (χ2v) is 23.2. The summed E-state index contributed by atoms with van der Waals surface area (Å²) in [5.74, 6) is 0. The standard InChI is InChI=1S/C84H56N2/c1-3-55-20-17-22-59(50-55)57-38-42-61(43-39-57)85(65-46-48-73-71-30-9-15-36-79(71)83(81(73)53-65)75-32-11-5-26-67(75)68-27-6-12-33-76(68)83)63-24-19-25-64(52-63)86(62-44-40-58(41-45-62)60-23-18-21-56(4-2)51-60)66-47-49-74-72-31-10-16-37-80(72)84(82(74)54-66)77-34-13-7-28-69(77)70-29-8-14-35-78(70)84/h3-54H,1-2H2. The van der Waals surface area contributed by atoms with Gasteiger partial charge in [-0.2, -0.15) is 0 Å². The highest BCUT2D eigenvalue weighted by atomic mass is 15.2. The zero-order valence-electron chi connectivity index (χ0n) is 47.3. The third-order valence-corrected chi connectivity index (χ3v) is 19.0. The molecule has 0 saturated heterocycles. The molecule has 0 saturated carbocycles. The van der Waals surface area contributed by atoms with Crippen molar-refractivity contribution in [3.8, 4) is 66.8 Å². The molecule has 2 nitrogen and oxygen atoms in total. The van der Waals surface area contributed by atoms with E-state index in [1.54, 1.807) is 0 Å². The molecule has 13 aromatic carbocycles. The molecule has 0 fully saturated rings. The first-order valence-corrected chi connectivity index (χ1v) is 29.8. The topological polar surface area (TPSA) is 6.48 Å². The van der Waals surface area contributed by atoms with Crippen LogP contribution in [0.25, 0.3) is 78.9 Å². The average Bonchev–Trinajstić information content (AvgIpc) is 1.55. The highest BCUT2D eigenvalue weighted by Gasteiger charge is 2.53. The van der Waals surface area contributed by atoms with Crippen molar-refractivity contribution in [3.63, 3.8) is 0 Å². The lowest BCUT2D eigenvalue weighted by atomic mass is 9.70. The van der Waals surface area contributed by atoms with E-state index in [0.29, 0.717) is 0 Å². The number of fused-ring (bicyclic) bond motifs is 20. The smallest absolute Gasteiger partial charge is 0.0726 e. The van der Waals surface area contributed by atoms with Gasteiger partial charge in [-0.15, -0.1) is 0 Å². The fraction of sp³-hybridized carbons (Fsp3) is 0.0238. The van der Waals surface area contributed by atoms with Gasteiger partial charge in [-0.05, 0) is 201 Å². The zero-order valence-corrected chi connectivity index (χ0v) is 47.3. The van der Waals surface area contributed by atoms with E-state index in [0.717, 1.165) is 67.5 Å². The Morgan fingerprint density at radius 2 is 0.488 bits per heavy atom. The number of hydrogen-bond donors (Lipinski definition) is 0. The lowest BCUT2D eigenvalue weighted by Crippen LogP contribution is -2.26. The molecule has 0 atom stereocenters. The van der Waals surface area contributed by atoms with E-state index in [1.165, 1.54) is 89.0 Å². The molecule has 0 aromatic heterocycles. The van der Waals surface area contributed by atoms with E-state index in [1.807, 2.05) is 12.2 Å². The molecule has 4 aliphatic rings. The normalized spacial score (nSPS) is 13.4. The Balaban J connectivity index is 0.879. The summed E-state index contributed by atoms with van der Waals surface area (Å²) < 4.78 is 0. The monoisotopic (exact) mass is 1090 g/mol. The van der Waals surface area contributed by atoms with Crippen LogP contribution in [-0.2, 0) is 10.8 Å². The number of hydrogen-bond acceptors (Lipinski definition) is 2. The van der Waals surface area contributed by atoms with Crippen LogP contribution >= 0.6 is 0 Å². The predicted octanol–water partition coefficient (Wildman–Crippen LogP) is 21.9. The summed E-state index contributed by atoms with van der Waals surface area (Å²) in [6.45, 7) is 8.17. The third kappa shape index (κ3) is 7.08. The average molecular weight is 1090 g/mol. The van der Waals surface area contributed by atoms with Gasteiger partial charge in [-0.25, -0.2) is 0 Å². The minimum atomic E-state index is -0.510. The molecule has 0 bridgehead atoms. The molecule has 402 valence electrons. The quantitative estimate of drug-likeness (QED) is 0.135. The minimum absolute atomic E-state index is 0.510. The summed E-state index contributed by atoms with van der Waals surface area (Å²) in [6.07, 6.45) is 3.83. The first kappa shape index (κ1) is 49.5. The SMILES string of the molecule is C=Cc1cccc(-c2ccc(N(c3cccc(N(c4ccc(-c5cccc(C=C)c5)cc4)c4ccc5c(c4)C4(c6ccccc6-c6ccccc64)c4ccccc4-5)c3)c3ccc4c(c3)C3(c5ccccc5-c5ccccc53)c3ccccc3-4)cc2)c1. The predicted molar refractivity (Wildman–Crippen MR) is 359 cm³/mol. The number of rotatable bonds is 10. The fourth-order valence-electron chi connectivity index (χ4n) is 15.4. The highest BCUT2D eigenvalue weighted by Crippen LogP contribution is 2.65. The summed E-state index contributed by atoms with van der Waals surface area (Å²) in [4.78, 5) is 4.93. The van der Waals surface area contributed by atoms with Gasteiger partial charge in [0.15, 0.2) is 0 Å². The summed E-state index contributed by atoms with van der Waals surface area (Å²) in [5, 5.41) is 0. The van der Waals surface area contributed by atoms with Crippen LogP contribution in [-0.4, -0.2) is 0 Å². The van der Waals surface area contributed by atoms with Gasteiger partial charge in [0, 0.05) is 34.1 Å². The van der Waals surface area contributed by atoms with Crippen molar-refractivity contribution >= 4 is 46.3 Å². The first-order chi connectivity index (χ1) is 42.5. The Labute approximate surface area is 502 Å². The van der Waals surface area contributed by atoms with Crippen LogP contribution in [0, 0.1) is 0 Å². The van der Waals surface area contributed by atoms with Gasteiger partial charge in [-0.3, -0.25) is 0 Å². The minimum Gasteiger partial charge on any atom is -0.310 e. The van der Waals surface area contributed by atoms with Gasteiger partial charge in [0.25, 0.3) is 0 Å². The Morgan fingerprint density at radius 1 is 0.209 bits per heavy atom. The molecular formula is C84H56N2. The molecular weight excluding hydrogens is 1040 g/mol. The molecule has 17 rings (SSSR count). The van der Waals surface area contributed by atoms with Crippen molar-refractivity contribution in [2.75, 3.05) is 9.80 Å². The molecule has 86 heavy (non-hydrogen) atoms. The molecule has 4 aliphatic carbocycles.